The van der Waals surface area contributed by atoms with Crippen LogP contribution in [-0.2, 0) is 0 Å². The standard InChI is InChI=1S/C39H24N4/c1-2-7-26(8-3-1)38-39(43-22-5-4-10-37(43)42-38)27-13-11-25(12-14-27)34-20-17-31-33-24-28-15-18-35-30(9-6-21-40-35)32(28)23-29(33)16-19-36(31)41-34/h1-24H. The third-order valence-corrected chi connectivity index (χ3v) is 8.44. The first-order valence-corrected chi connectivity index (χ1v) is 14.4. The molecule has 4 heteroatoms. The minimum Gasteiger partial charge on any atom is -0.299 e. The summed E-state index contributed by atoms with van der Waals surface area (Å²) >= 11 is 0. The fourth-order valence-electron chi connectivity index (χ4n) is 6.35. The molecule has 0 aliphatic heterocycles. The van der Waals surface area contributed by atoms with E-state index >= 15 is 0 Å². The first-order valence-electron chi connectivity index (χ1n) is 14.4. The van der Waals surface area contributed by atoms with Gasteiger partial charge >= 0.3 is 0 Å². The molecule has 0 saturated heterocycles. The second kappa shape index (κ2) is 9.33. The molecule has 0 radical (unpaired) electrons. The van der Waals surface area contributed by atoms with Gasteiger partial charge in [-0.1, -0.05) is 84.9 Å². The highest BCUT2D eigenvalue weighted by molar-refractivity contribution is 6.16. The van der Waals surface area contributed by atoms with Gasteiger partial charge in [-0.2, -0.15) is 0 Å². The molecular formula is C39H24N4. The molecule has 0 atom stereocenters. The summed E-state index contributed by atoms with van der Waals surface area (Å²) in [5, 5.41) is 7.19. The number of hydrogen-bond donors (Lipinski definition) is 0. The van der Waals surface area contributed by atoms with Gasteiger partial charge < -0.3 is 0 Å². The Morgan fingerprint density at radius 1 is 0.465 bits per heavy atom. The van der Waals surface area contributed by atoms with Crippen LogP contribution in [0.4, 0.5) is 0 Å². The van der Waals surface area contributed by atoms with Gasteiger partial charge in [0.1, 0.15) is 5.65 Å². The molecule has 4 aromatic heterocycles. The number of rotatable bonds is 3. The molecule has 4 nitrogen and oxygen atoms in total. The van der Waals surface area contributed by atoms with E-state index in [9.17, 15) is 0 Å². The average molecular weight is 549 g/mol. The molecule has 0 saturated carbocycles. The first-order chi connectivity index (χ1) is 21.3. The summed E-state index contributed by atoms with van der Waals surface area (Å²) in [5.41, 5.74) is 9.26. The number of hydrogen-bond acceptors (Lipinski definition) is 3. The summed E-state index contributed by atoms with van der Waals surface area (Å²) in [4.78, 5) is 14.6. The molecule has 0 bridgehead atoms. The lowest BCUT2D eigenvalue weighted by atomic mass is 9.97. The minimum atomic E-state index is 0.932. The van der Waals surface area contributed by atoms with Crippen LogP contribution in [0.25, 0.3) is 82.8 Å². The smallest absolute Gasteiger partial charge is 0.137 e. The van der Waals surface area contributed by atoms with Crippen LogP contribution in [0.3, 0.4) is 0 Å². The van der Waals surface area contributed by atoms with Crippen molar-refractivity contribution >= 4 is 49.0 Å². The predicted octanol–water partition coefficient (Wildman–Crippen LogP) is 9.74. The maximum absolute atomic E-state index is 5.11. The van der Waals surface area contributed by atoms with Crippen molar-refractivity contribution in [1.82, 2.24) is 19.4 Å². The summed E-state index contributed by atoms with van der Waals surface area (Å²) in [7, 11) is 0. The maximum Gasteiger partial charge on any atom is 0.137 e. The number of fused-ring (bicyclic) bond motifs is 7. The van der Waals surface area contributed by atoms with Gasteiger partial charge in [0.25, 0.3) is 0 Å². The molecule has 9 rings (SSSR count). The molecule has 0 amide bonds. The van der Waals surface area contributed by atoms with Crippen molar-refractivity contribution in [3.05, 3.63) is 146 Å². The quantitative estimate of drug-likeness (QED) is 0.163. The van der Waals surface area contributed by atoms with E-state index in [1.807, 2.05) is 30.5 Å². The molecule has 0 aliphatic rings. The zero-order valence-corrected chi connectivity index (χ0v) is 23.1. The van der Waals surface area contributed by atoms with Gasteiger partial charge in [0.15, 0.2) is 0 Å². The number of aromatic nitrogens is 4. The van der Waals surface area contributed by atoms with Crippen LogP contribution in [0.15, 0.2) is 146 Å². The number of pyridine rings is 3. The average Bonchev–Trinajstić information content (AvgIpc) is 3.47. The monoisotopic (exact) mass is 548 g/mol. The summed E-state index contributed by atoms with van der Waals surface area (Å²) < 4.78 is 2.17. The number of imidazole rings is 1. The molecule has 43 heavy (non-hydrogen) atoms. The summed E-state index contributed by atoms with van der Waals surface area (Å²) in [6, 6.07) is 46.8. The van der Waals surface area contributed by atoms with Crippen LogP contribution >= 0.6 is 0 Å². The Bertz CT molecular complexity index is 2490. The maximum atomic E-state index is 5.11. The summed E-state index contributed by atoms with van der Waals surface area (Å²) in [6.07, 6.45) is 3.93. The molecule has 4 heterocycles. The second-order valence-corrected chi connectivity index (χ2v) is 10.9. The van der Waals surface area contributed by atoms with E-state index < -0.39 is 0 Å². The molecule has 0 unspecified atom stereocenters. The number of benzene rings is 5. The van der Waals surface area contributed by atoms with Crippen LogP contribution in [0.2, 0.25) is 0 Å². The third kappa shape index (κ3) is 3.81. The molecule has 0 N–H and O–H groups in total. The minimum absolute atomic E-state index is 0.932. The predicted molar refractivity (Wildman–Crippen MR) is 177 cm³/mol. The number of nitrogens with zero attached hydrogens (tertiary/aromatic N) is 4. The van der Waals surface area contributed by atoms with Crippen LogP contribution in [0.5, 0.6) is 0 Å². The highest BCUT2D eigenvalue weighted by Gasteiger charge is 2.16. The van der Waals surface area contributed by atoms with E-state index in [0.29, 0.717) is 0 Å². The summed E-state index contributed by atoms with van der Waals surface area (Å²) in [6.45, 7) is 0. The highest BCUT2D eigenvalue weighted by atomic mass is 15.0. The third-order valence-electron chi connectivity index (χ3n) is 8.44. The van der Waals surface area contributed by atoms with Gasteiger partial charge in [-0.3, -0.25) is 9.38 Å². The van der Waals surface area contributed by atoms with E-state index in [2.05, 4.69) is 125 Å². The zero-order chi connectivity index (χ0) is 28.3. The van der Waals surface area contributed by atoms with Gasteiger partial charge in [0, 0.05) is 39.9 Å². The topological polar surface area (TPSA) is 43.1 Å². The Balaban J connectivity index is 1.13. The van der Waals surface area contributed by atoms with Crippen molar-refractivity contribution in [3.63, 3.8) is 0 Å². The van der Waals surface area contributed by atoms with Crippen LogP contribution in [0, 0.1) is 0 Å². The second-order valence-electron chi connectivity index (χ2n) is 10.9. The van der Waals surface area contributed by atoms with Crippen LogP contribution in [-0.4, -0.2) is 19.4 Å². The van der Waals surface area contributed by atoms with Gasteiger partial charge in [-0.05, 0) is 70.1 Å². The lowest BCUT2D eigenvalue weighted by Crippen LogP contribution is -1.90. The Kier molecular flexibility index (Phi) is 5.16. The van der Waals surface area contributed by atoms with Crippen molar-refractivity contribution in [2.45, 2.75) is 0 Å². The van der Waals surface area contributed by atoms with Crippen molar-refractivity contribution in [3.8, 4) is 33.8 Å². The molecule has 5 aromatic carbocycles. The normalized spacial score (nSPS) is 11.7. The SMILES string of the molecule is c1ccc(-c2nc3ccccn3c2-c2ccc(-c3ccc4c(ccc5cc6c(ccc7ncccc76)cc54)n3)cc2)cc1. The Morgan fingerprint density at radius 3 is 2.00 bits per heavy atom. The van der Waals surface area contributed by atoms with E-state index in [-0.39, 0.29) is 0 Å². The van der Waals surface area contributed by atoms with Crippen molar-refractivity contribution in [1.29, 1.82) is 0 Å². The first kappa shape index (κ1) is 23.8. The molecule has 0 aliphatic carbocycles. The van der Waals surface area contributed by atoms with E-state index in [4.69, 9.17) is 9.97 Å². The van der Waals surface area contributed by atoms with E-state index in [0.717, 1.165) is 55.8 Å². The zero-order valence-electron chi connectivity index (χ0n) is 23.1. The molecule has 0 fully saturated rings. The highest BCUT2D eigenvalue weighted by Crippen LogP contribution is 2.35. The molecule has 9 aromatic rings. The fraction of sp³-hybridized carbons (Fsp3) is 0. The van der Waals surface area contributed by atoms with E-state index in [1.165, 1.54) is 26.9 Å². The summed E-state index contributed by atoms with van der Waals surface area (Å²) in [5.74, 6) is 0. The fourth-order valence-corrected chi connectivity index (χ4v) is 6.35. The van der Waals surface area contributed by atoms with Crippen molar-refractivity contribution in [2.24, 2.45) is 0 Å². The van der Waals surface area contributed by atoms with E-state index in [1.54, 1.807) is 0 Å². The Morgan fingerprint density at radius 2 is 1.19 bits per heavy atom. The lowest BCUT2D eigenvalue weighted by Gasteiger charge is -2.10. The Labute approximate surface area is 247 Å². The molecular weight excluding hydrogens is 524 g/mol. The van der Waals surface area contributed by atoms with Gasteiger partial charge in [0.05, 0.1) is 28.1 Å². The Hall–Kier alpha value is -5.87. The largest absolute Gasteiger partial charge is 0.299 e. The van der Waals surface area contributed by atoms with Crippen molar-refractivity contribution in [2.75, 3.05) is 0 Å². The van der Waals surface area contributed by atoms with Gasteiger partial charge in [0.2, 0.25) is 0 Å². The molecule has 200 valence electrons. The van der Waals surface area contributed by atoms with Gasteiger partial charge in [-0.15, -0.1) is 0 Å². The van der Waals surface area contributed by atoms with Crippen LogP contribution < -0.4 is 0 Å². The van der Waals surface area contributed by atoms with Crippen LogP contribution in [0.1, 0.15) is 0 Å². The van der Waals surface area contributed by atoms with Gasteiger partial charge in [-0.25, -0.2) is 9.97 Å². The van der Waals surface area contributed by atoms with Crippen molar-refractivity contribution < 1.29 is 0 Å². The molecule has 0 spiro atoms. The lowest BCUT2D eigenvalue weighted by molar-refractivity contribution is 1.19.